The van der Waals surface area contributed by atoms with Gasteiger partial charge >= 0.3 is 0 Å². The van der Waals surface area contributed by atoms with Crippen LogP contribution in [0.25, 0.3) is 10.6 Å². The van der Waals surface area contributed by atoms with Crippen LogP contribution in [0.5, 0.6) is 0 Å². The van der Waals surface area contributed by atoms with Crippen LogP contribution in [0.3, 0.4) is 0 Å². The van der Waals surface area contributed by atoms with Crippen LogP contribution in [0.4, 0.5) is 0 Å². The lowest BCUT2D eigenvalue weighted by atomic mass is 10.0. The van der Waals surface area contributed by atoms with Crippen LogP contribution >= 0.6 is 11.3 Å². The number of thiazole rings is 1. The first-order chi connectivity index (χ1) is 10.3. The standard InChI is InChI=1S/C16H18N4S/c1-17-15(12-6-4-3-5-7-12)8-14-11-21-16(19-14)13-9-18-20(2)10-13/h3-7,9-11,15,17H,8H2,1-2H3. The third-order valence-electron chi connectivity index (χ3n) is 3.47. The van der Waals surface area contributed by atoms with E-state index in [0.717, 1.165) is 22.7 Å². The first-order valence-corrected chi connectivity index (χ1v) is 7.80. The third kappa shape index (κ3) is 3.20. The summed E-state index contributed by atoms with van der Waals surface area (Å²) in [5.74, 6) is 0. The molecule has 0 saturated heterocycles. The number of nitrogens with one attached hydrogen (secondary N) is 1. The molecule has 1 aromatic carbocycles. The molecule has 108 valence electrons. The summed E-state index contributed by atoms with van der Waals surface area (Å²) in [6.07, 6.45) is 4.74. The van der Waals surface area contributed by atoms with Crippen LogP contribution in [-0.4, -0.2) is 21.8 Å². The maximum Gasteiger partial charge on any atom is 0.126 e. The van der Waals surface area contributed by atoms with Crippen LogP contribution in [0, 0.1) is 0 Å². The molecule has 4 nitrogen and oxygen atoms in total. The van der Waals surface area contributed by atoms with E-state index in [1.165, 1.54) is 5.56 Å². The predicted octanol–water partition coefficient (Wildman–Crippen LogP) is 3.05. The quantitative estimate of drug-likeness (QED) is 0.787. The smallest absolute Gasteiger partial charge is 0.126 e. The maximum absolute atomic E-state index is 4.73. The molecule has 0 aliphatic rings. The highest BCUT2D eigenvalue weighted by molar-refractivity contribution is 7.13. The van der Waals surface area contributed by atoms with Gasteiger partial charge < -0.3 is 5.32 Å². The zero-order valence-corrected chi connectivity index (χ0v) is 13.0. The largest absolute Gasteiger partial charge is 0.313 e. The highest BCUT2D eigenvalue weighted by atomic mass is 32.1. The van der Waals surface area contributed by atoms with E-state index in [-0.39, 0.29) is 6.04 Å². The van der Waals surface area contributed by atoms with Crippen molar-refractivity contribution in [1.29, 1.82) is 0 Å². The van der Waals surface area contributed by atoms with Gasteiger partial charge in [0.05, 0.1) is 11.9 Å². The first kappa shape index (κ1) is 14.0. The second-order valence-electron chi connectivity index (χ2n) is 5.00. The summed E-state index contributed by atoms with van der Waals surface area (Å²) in [5, 5.41) is 10.7. The van der Waals surface area contributed by atoms with Crippen molar-refractivity contribution in [2.75, 3.05) is 7.05 Å². The van der Waals surface area contributed by atoms with E-state index in [0.29, 0.717) is 0 Å². The van der Waals surface area contributed by atoms with Gasteiger partial charge in [0.2, 0.25) is 0 Å². The summed E-state index contributed by atoms with van der Waals surface area (Å²) < 4.78 is 1.80. The zero-order valence-electron chi connectivity index (χ0n) is 12.2. The van der Waals surface area contributed by atoms with Crippen LogP contribution in [-0.2, 0) is 13.5 Å². The zero-order chi connectivity index (χ0) is 14.7. The van der Waals surface area contributed by atoms with Crippen molar-refractivity contribution in [3.8, 4) is 10.6 Å². The minimum absolute atomic E-state index is 0.287. The van der Waals surface area contributed by atoms with Crippen LogP contribution < -0.4 is 5.32 Å². The van der Waals surface area contributed by atoms with Gasteiger partial charge in [0.15, 0.2) is 0 Å². The van der Waals surface area contributed by atoms with Crippen molar-refractivity contribution in [2.24, 2.45) is 7.05 Å². The number of benzene rings is 1. The number of hydrogen-bond acceptors (Lipinski definition) is 4. The molecule has 21 heavy (non-hydrogen) atoms. The first-order valence-electron chi connectivity index (χ1n) is 6.92. The molecular weight excluding hydrogens is 280 g/mol. The SMILES string of the molecule is CNC(Cc1csc(-c2cnn(C)c2)n1)c1ccccc1. The van der Waals surface area contributed by atoms with Crippen molar-refractivity contribution in [3.63, 3.8) is 0 Å². The molecule has 1 unspecified atom stereocenters. The molecule has 0 aliphatic heterocycles. The number of hydrogen-bond donors (Lipinski definition) is 1. The summed E-state index contributed by atoms with van der Waals surface area (Å²) in [7, 11) is 3.91. The van der Waals surface area contributed by atoms with E-state index in [4.69, 9.17) is 4.98 Å². The average Bonchev–Trinajstić information content (AvgIpc) is 3.14. The lowest BCUT2D eigenvalue weighted by molar-refractivity contribution is 0.586. The van der Waals surface area contributed by atoms with Crippen molar-refractivity contribution in [1.82, 2.24) is 20.1 Å². The van der Waals surface area contributed by atoms with Crippen LogP contribution in [0.2, 0.25) is 0 Å². The summed E-state index contributed by atoms with van der Waals surface area (Å²) in [6.45, 7) is 0. The molecule has 3 rings (SSSR count). The van der Waals surface area contributed by atoms with Crippen LogP contribution in [0.15, 0.2) is 48.1 Å². The van der Waals surface area contributed by atoms with Gasteiger partial charge in [-0.25, -0.2) is 4.98 Å². The van der Waals surface area contributed by atoms with Crippen molar-refractivity contribution in [3.05, 3.63) is 59.4 Å². The second kappa shape index (κ2) is 6.20. The second-order valence-corrected chi connectivity index (χ2v) is 5.86. The summed E-state index contributed by atoms with van der Waals surface area (Å²) in [4.78, 5) is 4.73. The molecule has 0 saturated carbocycles. The molecule has 2 aromatic heterocycles. The highest BCUT2D eigenvalue weighted by Crippen LogP contribution is 2.25. The van der Waals surface area contributed by atoms with Gasteiger partial charge in [-0.1, -0.05) is 30.3 Å². The molecule has 0 amide bonds. The van der Waals surface area contributed by atoms with Gasteiger partial charge in [-0.05, 0) is 12.6 Å². The number of aryl methyl sites for hydroxylation is 1. The number of nitrogens with zero attached hydrogens (tertiary/aromatic N) is 3. The Morgan fingerprint density at radius 1 is 1.29 bits per heavy atom. The molecular formula is C16H18N4S. The van der Waals surface area contributed by atoms with Crippen molar-refractivity contribution in [2.45, 2.75) is 12.5 Å². The van der Waals surface area contributed by atoms with E-state index in [1.807, 2.05) is 32.6 Å². The molecule has 0 bridgehead atoms. The Morgan fingerprint density at radius 3 is 2.76 bits per heavy atom. The predicted molar refractivity (Wildman–Crippen MR) is 86.3 cm³/mol. The van der Waals surface area contributed by atoms with Crippen molar-refractivity contribution >= 4 is 11.3 Å². The fraction of sp³-hybridized carbons (Fsp3) is 0.250. The molecule has 3 aromatic rings. The number of aromatic nitrogens is 3. The highest BCUT2D eigenvalue weighted by Gasteiger charge is 2.13. The number of likely N-dealkylation sites (N-methyl/N-ethyl adjacent to an activating group) is 1. The Labute approximate surface area is 128 Å². The van der Waals surface area contributed by atoms with Gasteiger partial charge in [-0.2, -0.15) is 5.10 Å². The Kier molecular flexibility index (Phi) is 4.13. The molecule has 0 fully saturated rings. The lowest BCUT2D eigenvalue weighted by Crippen LogP contribution is -2.18. The fourth-order valence-electron chi connectivity index (χ4n) is 2.35. The molecule has 0 radical (unpaired) electrons. The van der Waals surface area contributed by atoms with E-state index >= 15 is 0 Å². The van der Waals surface area contributed by atoms with E-state index in [1.54, 1.807) is 16.0 Å². The van der Waals surface area contributed by atoms with Gasteiger partial charge in [0, 0.05) is 36.7 Å². The third-order valence-corrected chi connectivity index (χ3v) is 4.41. The molecule has 1 N–H and O–H groups in total. The topological polar surface area (TPSA) is 42.7 Å². The molecule has 2 heterocycles. The molecule has 5 heteroatoms. The minimum Gasteiger partial charge on any atom is -0.313 e. The van der Waals surface area contributed by atoms with Gasteiger partial charge in [0.25, 0.3) is 0 Å². The summed E-state index contributed by atoms with van der Waals surface area (Å²) >= 11 is 1.67. The lowest BCUT2D eigenvalue weighted by Gasteiger charge is -2.15. The Hall–Kier alpha value is -1.98. The summed E-state index contributed by atoms with van der Waals surface area (Å²) in [5.41, 5.74) is 3.48. The molecule has 0 aliphatic carbocycles. The van der Waals surface area contributed by atoms with Gasteiger partial charge in [0.1, 0.15) is 5.01 Å². The minimum atomic E-state index is 0.287. The normalized spacial score (nSPS) is 12.5. The fourth-order valence-corrected chi connectivity index (χ4v) is 3.15. The monoisotopic (exact) mass is 298 g/mol. The van der Waals surface area contributed by atoms with Gasteiger partial charge in [-0.3, -0.25) is 4.68 Å². The Bertz CT molecular complexity index is 702. The maximum atomic E-state index is 4.73. The molecule has 1 atom stereocenters. The van der Waals surface area contributed by atoms with Gasteiger partial charge in [-0.15, -0.1) is 11.3 Å². The Balaban J connectivity index is 1.77. The van der Waals surface area contributed by atoms with Crippen molar-refractivity contribution < 1.29 is 0 Å². The van der Waals surface area contributed by atoms with E-state index in [2.05, 4.69) is 40.1 Å². The molecule has 0 spiro atoms. The van der Waals surface area contributed by atoms with E-state index < -0.39 is 0 Å². The average molecular weight is 298 g/mol. The number of rotatable bonds is 5. The summed E-state index contributed by atoms with van der Waals surface area (Å²) in [6, 6.07) is 10.8. The van der Waals surface area contributed by atoms with Crippen LogP contribution in [0.1, 0.15) is 17.3 Å². The Morgan fingerprint density at radius 2 is 2.10 bits per heavy atom. The van der Waals surface area contributed by atoms with E-state index in [9.17, 15) is 0 Å².